The van der Waals surface area contributed by atoms with E-state index in [9.17, 15) is 17.6 Å². The SMILES string of the molecule is CC(C)C(=O)N1CCc2ccc(NS(=O)(=O)c3cccc(F)c3)cc2C1. The molecule has 1 aliphatic rings. The average Bonchev–Trinajstić information content (AvgIpc) is 2.60. The molecule has 2 aromatic rings. The lowest BCUT2D eigenvalue weighted by Gasteiger charge is -2.30. The second-order valence-electron chi connectivity index (χ2n) is 6.71. The molecule has 7 heteroatoms. The number of benzene rings is 2. The molecule has 0 aliphatic carbocycles. The normalized spacial score (nSPS) is 14.2. The fourth-order valence-electron chi connectivity index (χ4n) is 3.02. The smallest absolute Gasteiger partial charge is 0.261 e. The van der Waals surface area contributed by atoms with Gasteiger partial charge < -0.3 is 4.90 Å². The van der Waals surface area contributed by atoms with E-state index in [-0.39, 0.29) is 16.7 Å². The number of rotatable bonds is 4. The number of hydrogen-bond donors (Lipinski definition) is 1. The van der Waals surface area contributed by atoms with Gasteiger partial charge in [0.2, 0.25) is 5.91 Å². The van der Waals surface area contributed by atoms with Crippen molar-refractivity contribution in [3.8, 4) is 0 Å². The molecule has 0 aromatic heterocycles. The van der Waals surface area contributed by atoms with Crippen LogP contribution in [0.3, 0.4) is 0 Å². The highest BCUT2D eigenvalue weighted by Gasteiger charge is 2.23. The Kier molecular flexibility index (Phi) is 5.00. The Morgan fingerprint density at radius 2 is 1.92 bits per heavy atom. The summed E-state index contributed by atoms with van der Waals surface area (Å²) in [5.74, 6) is -0.603. The number of nitrogens with one attached hydrogen (secondary N) is 1. The van der Waals surface area contributed by atoms with E-state index in [1.54, 1.807) is 17.0 Å². The van der Waals surface area contributed by atoms with Crippen molar-refractivity contribution in [2.45, 2.75) is 31.7 Å². The fourth-order valence-corrected chi connectivity index (χ4v) is 4.10. The Morgan fingerprint density at radius 1 is 1.15 bits per heavy atom. The van der Waals surface area contributed by atoms with Crippen LogP contribution in [-0.2, 0) is 27.8 Å². The van der Waals surface area contributed by atoms with E-state index in [4.69, 9.17) is 0 Å². The highest BCUT2D eigenvalue weighted by molar-refractivity contribution is 7.92. The second kappa shape index (κ2) is 7.07. The molecule has 0 spiro atoms. The molecule has 5 nitrogen and oxygen atoms in total. The highest BCUT2D eigenvalue weighted by atomic mass is 32.2. The summed E-state index contributed by atoms with van der Waals surface area (Å²) in [5, 5.41) is 0. The van der Waals surface area contributed by atoms with E-state index >= 15 is 0 Å². The molecule has 138 valence electrons. The van der Waals surface area contributed by atoms with Crippen molar-refractivity contribution in [2.24, 2.45) is 5.92 Å². The maximum absolute atomic E-state index is 13.3. The maximum Gasteiger partial charge on any atom is 0.261 e. The van der Waals surface area contributed by atoms with Gasteiger partial charge in [0, 0.05) is 24.7 Å². The molecule has 1 aliphatic heterocycles. The van der Waals surface area contributed by atoms with Crippen LogP contribution in [0.15, 0.2) is 47.4 Å². The van der Waals surface area contributed by atoms with Crippen LogP contribution in [0.5, 0.6) is 0 Å². The average molecular weight is 376 g/mol. The zero-order valence-electron chi connectivity index (χ0n) is 14.7. The number of fused-ring (bicyclic) bond motifs is 1. The maximum atomic E-state index is 13.3. The van der Waals surface area contributed by atoms with Crippen LogP contribution in [-0.4, -0.2) is 25.8 Å². The first-order chi connectivity index (χ1) is 12.3. The van der Waals surface area contributed by atoms with Gasteiger partial charge in [-0.1, -0.05) is 26.0 Å². The summed E-state index contributed by atoms with van der Waals surface area (Å²) < 4.78 is 40.7. The van der Waals surface area contributed by atoms with E-state index < -0.39 is 15.8 Å². The molecule has 0 radical (unpaired) electrons. The van der Waals surface area contributed by atoms with Crippen molar-refractivity contribution in [3.63, 3.8) is 0 Å². The number of nitrogens with zero attached hydrogens (tertiary/aromatic N) is 1. The predicted octanol–water partition coefficient (Wildman–Crippen LogP) is 3.17. The van der Waals surface area contributed by atoms with Gasteiger partial charge in [0.05, 0.1) is 4.90 Å². The van der Waals surface area contributed by atoms with Crippen molar-refractivity contribution in [1.82, 2.24) is 4.90 Å². The third kappa shape index (κ3) is 3.88. The van der Waals surface area contributed by atoms with E-state index in [1.165, 1.54) is 18.2 Å². The summed E-state index contributed by atoms with van der Waals surface area (Å²) in [7, 11) is -3.88. The summed E-state index contributed by atoms with van der Waals surface area (Å²) in [4.78, 5) is 13.9. The van der Waals surface area contributed by atoms with Crippen LogP contribution in [0.4, 0.5) is 10.1 Å². The molecule has 1 heterocycles. The standard InChI is InChI=1S/C19H21FN2O3S/c1-13(2)19(23)22-9-8-14-6-7-17(10-15(14)12-22)21-26(24,25)18-5-3-4-16(20)11-18/h3-7,10-11,13,21H,8-9,12H2,1-2H3. The molecule has 1 N–H and O–H groups in total. The second-order valence-corrected chi connectivity index (χ2v) is 8.39. The molecule has 3 rings (SSSR count). The Balaban J connectivity index is 1.83. The fraction of sp³-hybridized carbons (Fsp3) is 0.316. The molecular weight excluding hydrogens is 355 g/mol. The van der Waals surface area contributed by atoms with Crippen LogP contribution < -0.4 is 4.72 Å². The molecule has 2 aromatic carbocycles. The molecule has 1 amide bonds. The van der Waals surface area contributed by atoms with Crippen LogP contribution in [0.1, 0.15) is 25.0 Å². The molecule has 0 fully saturated rings. The van der Waals surface area contributed by atoms with Gasteiger partial charge >= 0.3 is 0 Å². The molecule has 0 saturated heterocycles. The first-order valence-corrected chi connectivity index (χ1v) is 9.93. The number of carbonyl (C=O) groups excluding carboxylic acids is 1. The van der Waals surface area contributed by atoms with Gasteiger partial charge in [-0.2, -0.15) is 0 Å². The van der Waals surface area contributed by atoms with Gasteiger partial charge in [-0.15, -0.1) is 0 Å². The molecule has 0 bridgehead atoms. The first kappa shape index (κ1) is 18.4. The number of hydrogen-bond acceptors (Lipinski definition) is 3. The number of halogens is 1. The van der Waals surface area contributed by atoms with Crippen molar-refractivity contribution in [3.05, 3.63) is 59.4 Å². The van der Waals surface area contributed by atoms with E-state index in [0.717, 1.165) is 23.6 Å². The van der Waals surface area contributed by atoms with E-state index in [2.05, 4.69) is 4.72 Å². The minimum atomic E-state index is -3.88. The summed E-state index contributed by atoms with van der Waals surface area (Å²) in [6.07, 6.45) is 0.741. The highest BCUT2D eigenvalue weighted by Crippen LogP contribution is 2.25. The summed E-state index contributed by atoms with van der Waals surface area (Å²) >= 11 is 0. The third-order valence-electron chi connectivity index (χ3n) is 4.38. The molecule has 0 saturated carbocycles. The van der Waals surface area contributed by atoms with Crippen LogP contribution in [0.2, 0.25) is 0 Å². The lowest BCUT2D eigenvalue weighted by atomic mass is 9.98. The number of anilines is 1. The van der Waals surface area contributed by atoms with Crippen molar-refractivity contribution < 1.29 is 17.6 Å². The van der Waals surface area contributed by atoms with Crippen molar-refractivity contribution in [2.75, 3.05) is 11.3 Å². The van der Waals surface area contributed by atoms with Gasteiger partial charge in [-0.3, -0.25) is 9.52 Å². The number of carbonyl (C=O) groups is 1. The molecule has 26 heavy (non-hydrogen) atoms. The van der Waals surface area contributed by atoms with E-state index in [1.807, 2.05) is 19.9 Å². The zero-order chi connectivity index (χ0) is 18.9. The summed E-state index contributed by atoms with van der Waals surface area (Å²) in [6.45, 7) is 4.85. The zero-order valence-corrected chi connectivity index (χ0v) is 15.5. The van der Waals surface area contributed by atoms with Gasteiger partial charge in [0.1, 0.15) is 5.82 Å². The number of sulfonamides is 1. The lowest BCUT2D eigenvalue weighted by Crippen LogP contribution is -2.38. The Hall–Kier alpha value is -2.41. The molecular formula is C19H21FN2O3S. The van der Waals surface area contributed by atoms with Crippen molar-refractivity contribution in [1.29, 1.82) is 0 Å². The third-order valence-corrected chi connectivity index (χ3v) is 5.76. The topological polar surface area (TPSA) is 66.5 Å². The summed E-state index contributed by atoms with van der Waals surface area (Å²) in [6, 6.07) is 10.2. The van der Waals surface area contributed by atoms with Crippen LogP contribution in [0, 0.1) is 11.7 Å². The Labute approximate surface area is 152 Å². The Bertz CT molecular complexity index is 942. The minimum Gasteiger partial charge on any atom is -0.338 e. The largest absolute Gasteiger partial charge is 0.338 e. The van der Waals surface area contributed by atoms with Gasteiger partial charge in [-0.05, 0) is 47.9 Å². The summed E-state index contributed by atoms with van der Waals surface area (Å²) in [5.41, 5.74) is 2.42. The number of amides is 1. The van der Waals surface area contributed by atoms with E-state index in [0.29, 0.717) is 18.8 Å². The minimum absolute atomic E-state index is 0.0776. The molecule has 0 unspecified atom stereocenters. The van der Waals surface area contributed by atoms with Crippen molar-refractivity contribution >= 4 is 21.6 Å². The quantitative estimate of drug-likeness (QED) is 0.891. The molecule has 0 atom stereocenters. The monoisotopic (exact) mass is 376 g/mol. The van der Waals surface area contributed by atoms with Gasteiger partial charge in [0.15, 0.2) is 0 Å². The lowest BCUT2D eigenvalue weighted by molar-refractivity contribution is -0.135. The first-order valence-electron chi connectivity index (χ1n) is 8.45. The van der Waals surface area contributed by atoms with Gasteiger partial charge in [-0.25, -0.2) is 12.8 Å². The predicted molar refractivity (Wildman–Crippen MR) is 97.6 cm³/mol. The van der Waals surface area contributed by atoms with Crippen LogP contribution >= 0.6 is 0 Å². The Morgan fingerprint density at radius 3 is 2.62 bits per heavy atom. The van der Waals surface area contributed by atoms with Crippen LogP contribution in [0.25, 0.3) is 0 Å². The van der Waals surface area contributed by atoms with Gasteiger partial charge in [0.25, 0.3) is 10.0 Å².